The lowest BCUT2D eigenvalue weighted by atomic mass is 10.0. The number of aliphatic carboxylic acids is 1. The van der Waals surface area contributed by atoms with E-state index >= 15 is 0 Å². The van der Waals surface area contributed by atoms with Gasteiger partial charge in [-0.3, -0.25) is 4.79 Å². The molecule has 0 bridgehead atoms. The fraction of sp³-hybridized carbons (Fsp3) is 0.733. The highest BCUT2D eigenvalue weighted by Crippen LogP contribution is 2.08. The molecule has 0 aromatic heterocycles. The van der Waals surface area contributed by atoms with Gasteiger partial charge in [0.2, 0.25) is 0 Å². The molecule has 0 heterocycles. The number of hydrogen-bond acceptors (Lipinski definition) is 6. The number of carboxylic acids is 1. The summed E-state index contributed by atoms with van der Waals surface area (Å²) < 4.78 is 20.1. The fourth-order valence-electron chi connectivity index (χ4n) is 1.62. The van der Waals surface area contributed by atoms with Crippen molar-refractivity contribution in [2.24, 2.45) is 5.92 Å². The van der Waals surface area contributed by atoms with Crippen molar-refractivity contribution in [1.82, 2.24) is 5.32 Å². The van der Waals surface area contributed by atoms with Crippen molar-refractivity contribution in [2.75, 3.05) is 53.3 Å². The van der Waals surface area contributed by atoms with Crippen LogP contribution in [0, 0.1) is 5.92 Å². The molecule has 0 aromatic rings. The molecule has 8 heteroatoms. The van der Waals surface area contributed by atoms with Crippen LogP contribution in [0.5, 0.6) is 0 Å². The Morgan fingerprint density at radius 1 is 1.13 bits per heavy atom. The predicted octanol–water partition coefficient (Wildman–Crippen LogP) is 1.06. The number of nitrogens with one attached hydrogen (secondary N) is 1. The maximum absolute atomic E-state index is 11.2. The molecule has 1 amide bonds. The van der Waals surface area contributed by atoms with E-state index in [1.54, 1.807) is 7.11 Å². The number of carbonyl (C=O) groups is 2. The topological polar surface area (TPSA) is 103 Å². The molecule has 0 aromatic carbocycles. The van der Waals surface area contributed by atoms with Crippen LogP contribution in [-0.4, -0.2) is 70.5 Å². The highest BCUT2D eigenvalue weighted by atomic mass is 16.5. The largest absolute Gasteiger partial charge is 0.481 e. The van der Waals surface area contributed by atoms with Gasteiger partial charge in [0.15, 0.2) is 0 Å². The van der Waals surface area contributed by atoms with Gasteiger partial charge in [-0.1, -0.05) is 12.7 Å². The van der Waals surface area contributed by atoms with Gasteiger partial charge in [0.25, 0.3) is 0 Å². The third kappa shape index (κ3) is 13.7. The maximum Gasteiger partial charge on any atom is 0.407 e. The van der Waals surface area contributed by atoms with Gasteiger partial charge >= 0.3 is 12.1 Å². The third-order valence-corrected chi connectivity index (χ3v) is 2.86. The van der Waals surface area contributed by atoms with Crippen LogP contribution < -0.4 is 5.32 Å². The van der Waals surface area contributed by atoms with E-state index in [-0.39, 0.29) is 13.2 Å². The first-order valence-corrected chi connectivity index (χ1v) is 7.50. The number of alkyl carbamates (subject to hydrolysis) is 1. The second-order valence-electron chi connectivity index (χ2n) is 4.64. The average Bonchev–Trinajstić information content (AvgIpc) is 2.53. The first-order chi connectivity index (χ1) is 11.1. The Balaban J connectivity index is 3.68. The van der Waals surface area contributed by atoms with E-state index in [1.807, 2.05) is 0 Å². The highest BCUT2D eigenvalue weighted by molar-refractivity contribution is 5.70. The Labute approximate surface area is 136 Å². The Morgan fingerprint density at radius 2 is 1.78 bits per heavy atom. The van der Waals surface area contributed by atoms with Crippen LogP contribution in [0.3, 0.4) is 0 Å². The standard InChI is InChI=1S/C15H27NO7/c1-3-7-23-15(19)16-6-4-13(14(17)18)5-8-21-11-12-22-10-9-20-2/h3,13H,1,4-12H2,2H3,(H,16,19)(H,17,18). The summed E-state index contributed by atoms with van der Waals surface area (Å²) >= 11 is 0. The lowest BCUT2D eigenvalue weighted by Gasteiger charge is -2.13. The lowest BCUT2D eigenvalue weighted by molar-refractivity contribution is -0.142. The molecule has 0 aliphatic carbocycles. The van der Waals surface area contributed by atoms with E-state index in [4.69, 9.17) is 24.1 Å². The van der Waals surface area contributed by atoms with Gasteiger partial charge < -0.3 is 29.4 Å². The third-order valence-electron chi connectivity index (χ3n) is 2.86. The summed E-state index contributed by atoms with van der Waals surface area (Å²) in [5.41, 5.74) is 0. The zero-order valence-corrected chi connectivity index (χ0v) is 13.6. The summed E-state index contributed by atoms with van der Waals surface area (Å²) in [6.45, 7) is 5.98. The normalized spacial score (nSPS) is 11.7. The highest BCUT2D eigenvalue weighted by Gasteiger charge is 2.17. The molecule has 0 aliphatic heterocycles. The Kier molecular flexibility index (Phi) is 14.2. The van der Waals surface area contributed by atoms with Gasteiger partial charge in [0.1, 0.15) is 6.61 Å². The fourth-order valence-corrected chi connectivity index (χ4v) is 1.62. The van der Waals surface area contributed by atoms with Gasteiger partial charge in [-0.05, 0) is 12.8 Å². The second-order valence-corrected chi connectivity index (χ2v) is 4.64. The number of hydrogen-bond donors (Lipinski definition) is 2. The Bertz CT molecular complexity index is 336. The molecule has 0 aliphatic rings. The van der Waals surface area contributed by atoms with Crippen LogP contribution in [-0.2, 0) is 23.7 Å². The molecular weight excluding hydrogens is 306 g/mol. The van der Waals surface area contributed by atoms with E-state index in [1.165, 1.54) is 6.08 Å². The SMILES string of the molecule is C=CCOC(=O)NCCC(CCOCCOCCOC)C(=O)O. The molecule has 0 saturated carbocycles. The molecule has 1 atom stereocenters. The minimum absolute atomic E-state index is 0.120. The van der Waals surface area contributed by atoms with Crippen molar-refractivity contribution in [3.05, 3.63) is 12.7 Å². The molecule has 0 radical (unpaired) electrons. The molecule has 0 fully saturated rings. The summed E-state index contributed by atoms with van der Waals surface area (Å²) in [6.07, 6.45) is 1.55. The Morgan fingerprint density at radius 3 is 2.39 bits per heavy atom. The van der Waals surface area contributed by atoms with E-state index < -0.39 is 18.0 Å². The first-order valence-electron chi connectivity index (χ1n) is 7.50. The number of rotatable bonds is 15. The second kappa shape index (κ2) is 15.3. The predicted molar refractivity (Wildman–Crippen MR) is 83.4 cm³/mol. The molecule has 0 spiro atoms. The van der Waals surface area contributed by atoms with Crippen molar-refractivity contribution < 1.29 is 33.6 Å². The zero-order valence-electron chi connectivity index (χ0n) is 13.6. The van der Waals surface area contributed by atoms with Gasteiger partial charge in [-0.15, -0.1) is 0 Å². The number of ether oxygens (including phenoxy) is 4. The summed E-state index contributed by atoms with van der Waals surface area (Å²) in [4.78, 5) is 22.3. The van der Waals surface area contributed by atoms with Crippen molar-refractivity contribution in [2.45, 2.75) is 12.8 Å². The summed E-state index contributed by atoms with van der Waals surface area (Å²) in [5, 5.41) is 11.6. The molecule has 1 unspecified atom stereocenters. The number of carbonyl (C=O) groups excluding carboxylic acids is 1. The molecular formula is C15H27NO7. The van der Waals surface area contributed by atoms with Crippen LogP contribution in [0.2, 0.25) is 0 Å². The molecule has 0 rings (SSSR count). The van der Waals surface area contributed by atoms with Crippen molar-refractivity contribution >= 4 is 12.1 Å². The Hall–Kier alpha value is -1.64. The van der Waals surface area contributed by atoms with Crippen LogP contribution in [0.4, 0.5) is 4.79 Å². The summed E-state index contributed by atoms with van der Waals surface area (Å²) in [6, 6.07) is 0. The quantitative estimate of drug-likeness (QED) is 0.341. The monoisotopic (exact) mass is 333 g/mol. The van der Waals surface area contributed by atoms with Gasteiger partial charge in [0.05, 0.1) is 32.3 Å². The van der Waals surface area contributed by atoms with E-state index in [9.17, 15) is 9.59 Å². The number of methoxy groups -OCH3 is 1. The van der Waals surface area contributed by atoms with Gasteiger partial charge in [-0.2, -0.15) is 0 Å². The van der Waals surface area contributed by atoms with Crippen molar-refractivity contribution in [3.63, 3.8) is 0 Å². The molecule has 8 nitrogen and oxygen atoms in total. The number of amides is 1. The van der Waals surface area contributed by atoms with E-state index in [0.717, 1.165) is 0 Å². The van der Waals surface area contributed by atoms with Crippen LogP contribution in [0.15, 0.2) is 12.7 Å². The van der Waals surface area contributed by atoms with Crippen molar-refractivity contribution in [1.29, 1.82) is 0 Å². The zero-order chi connectivity index (χ0) is 17.3. The first kappa shape index (κ1) is 21.4. The smallest absolute Gasteiger partial charge is 0.407 e. The number of carboxylic acid groups (broad SMARTS) is 1. The maximum atomic E-state index is 11.2. The summed E-state index contributed by atoms with van der Waals surface area (Å²) in [5.74, 6) is -1.49. The lowest BCUT2D eigenvalue weighted by Crippen LogP contribution is -2.29. The van der Waals surface area contributed by atoms with Gasteiger partial charge in [0, 0.05) is 20.3 Å². The molecule has 134 valence electrons. The van der Waals surface area contributed by atoms with Gasteiger partial charge in [-0.25, -0.2) is 4.79 Å². The molecule has 0 saturated heterocycles. The van der Waals surface area contributed by atoms with Crippen LogP contribution >= 0.6 is 0 Å². The van der Waals surface area contributed by atoms with E-state index in [2.05, 4.69) is 11.9 Å². The molecule has 23 heavy (non-hydrogen) atoms. The average molecular weight is 333 g/mol. The summed E-state index contributed by atoms with van der Waals surface area (Å²) in [7, 11) is 1.60. The van der Waals surface area contributed by atoms with Crippen LogP contribution in [0.1, 0.15) is 12.8 Å². The minimum atomic E-state index is -0.911. The molecule has 2 N–H and O–H groups in total. The van der Waals surface area contributed by atoms with Crippen LogP contribution in [0.25, 0.3) is 0 Å². The van der Waals surface area contributed by atoms with E-state index in [0.29, 0.717) is 45.9 Å². The minimum Gasteiger partial charge on any atom is -0.481 e. The van der Waals surface area contributed by atoms with Crippen molar-refractivity contribution in [3.8, 4) is 0 Å².